The molecule has 5 aliphatic rings. The molecule has 42 heavy (non-hydrogen) atoms. The topological polar surface area (TPSA) is 120 Å². The van der Waals surface area contributed by atoms with Crippen LogP contribution in [0.2, 0.25) is 0 Å². The van der Waals surface area contributed by atoms with Crippen molar-refractivity contribution in [3.63, 3.8) is 0 Å². The maximum atomic E-state index is 14.2. The third-order valence-electron chi connectivity index (χ3n) is 11.3. The molecule has 0 radical (unpaired) electrons. The standard InChI is InChI=1S/C33H35N3O6/c1-3-33(32(2,31(39)40)18-8-5-9-34-14-18)22-12-24-29-21(15-36(24)30(38)19(22)11-27(33)37)28(17-6-4-7-17)20-10-25-26(42-16-41-25)13-23(20)35-29/h10,12-13,17-18,34H,3-9,11,14-16H2,1-2H3,(H,39,40). The fourth-order valence-electron chi connectivity index (χ4n) is 8.84. The van der Waals surface area contributed by atoms with Gasteiger partial charge in [-0.2, -0.15) is 0 Å². The van der Waals surface area contributed by atoms with Crippen LogP contribution in [-0.4, -0.2) is 46.3 Å². The van der Waals surface area contributed by atoms with E-state index in [0.29, 0.717) is 53.7 Å². The van der Waals surface area contributed by atoms with Crippen LogP contribution in [0.1, 0.15) is 80.5 Å². The van der Waals surface area contributed by atoms with Crippen molar-refractivity contribution in [2.45, 2.75) is 76.7 Å². The molecule has 3 unspecified atom stereocenters. The zero-order chi connectivity index (χ0) is 29.0. The molecule has 0 bridgehead atoms. The van der Waals surface area contributed by atoms with Gasteiger partial charge >= 0.3 is 5.97 Å². The number of rotatable bonds is 5. The number of nitrogens with one attached hydrogen (secondary N) is 1. The third-order valence-corrected chi connectivity index (χ3v) is 11.3. The number of hydrogen-bond acceptors (Lipinski definition) is 7. The molecule has 3 aromatic rings. The van der Waals surface area contributed by atoms with Crippen molar-refractivity contribution >= 4 is 22.7 Å². The Kier molecular flexibility index (Phi) is 5.49. The molecule has 3 aliphatic heterocycles. The fraction of sp³-hybridized carbons (Fsp3) is 0.515. The zero-order valence-electron chi connectivity index (χ0n) is 24.0. The molecule has 3 atom stereocenters. The van der Waals surface area contributed by atoms with Crippen LogP contribution in [-0.2, 0) is 28.0 Å². The number of piperidine rings is 1. The van der Waals surface area contributed by atoms with E-state index in [4.69, 9.17) is 14.5 Å². The lowest BCUT2D eigenvalue weighted by Gasteiger charge is -2.48. The number of carboxylic acids is 1. The summed E-state index contributed by atoms with van der Waals surface area (Å²) < 4.78 is 13.1. The van der Waals surface area contributed by atoms with E-state index in [1.54, 1.807) is 11.5 Å². The first kappa shape index (κ1) is 25.9. The van der Waals surface area contributed by atoms with Gasteiger partial charge in [0.25, 0.3) is 5.56 Å². The molecule has 1 aromatic carbocycles. The lowest BCUT2D eigenvalue weighted by Crippen LogP contribution is -2.59. The Morgan fingerprint density at radius 2 is 1.93 bits per heavy atom. The minimum atomic E-state index is -1.37. The van der Waals surface area contributed by atoms with Gasteiger partial charge in [0, 0.05) is 29.0 Å². The van der Waals surface area contributed by atoms with Crippen LogP contribution >= 0.6 is 0 Å². The first-order chi connectivity index (χ1) is 20.3. The Balaban J connectivity index is 1.37. The highest BCUT2D eigenvalue weighted by Gasteiger charge is 2.64. The van der Waals surface area contributed by atoms with Crippen LogP contribution < -0.4 is 20.3 Å². The van der Waals surface area contributed by atoms with E-state index in [0.717, 1.165) is 54.4 Å². The number of ether oxygens (including phenoxy) is 2. The van der Waals surface area contributed by atoms with Crippen molar-refractivity contribution in [1.29, 1.82) is 0 Å². The lowest BCUT2D eigenvalue weighted by atomic mass is 9.53. The molecule has 0 spiro atoms. The first-order valence-corrected chi connectivity index (χ1v) is 15.3. The molecule has 1 saturated carbocycles. The molecule has 218 valence electrons. The summed E-state index contributed by atoms with van der Waals surface area (Å²) in [5.74, 6) is 0.380. The SMILES string of the molecule is CCC1(C(C)(C(=O)O)C2CCCNC2)C(=O)Cc2c1cc1n(c2=O)Cc2c-1nc1cc3c(cc1c2C1CCC1)OCO3. The predicted octanol–water partition coefficient (Wildman–Crippen LogP) is 4.28. The average molecular weight is 570 g/mol. The minimum absolute atomic E-state index is 0.0338. The van der Waals surface area contributed by atoms with Gasteiger partial charge in [-0.1, -0.05) is 13.3 Å². The van der Waals surface area contributed by atoms with Gasteiger partial charge in [0.2, 0.25) is 6.79 Å². The summed E-state index contributed by atoms with van der Waals surface area (Å²) in [7, 11) is 0. The van der Waals surface area contributed by atoms with Crippen molar-refractivity contribution in [1.82, 2.24) is 14.9 Å². The molecule has 2 fully saturated rings. The first-order valence-electron chi connectivity index (χ1n) is 15.3. The highest BCUT2D eigenvalue weighted by molar-refractivity contribution is 6.02. The summed E-state index contributed by atoms with van der Waals surface area (Å²) in [6.45, 7) is 5.59. The molecular formula is C33H35N3O6. The number of aromatic nitrogens is 2. The monoisotopic (exact) mass is 569 g/mol. The minimum Gasteiger partial charge on any atom is -0.481 e. The van der Waals surface area contributed by atoms with Crippen molar-refractivity contribution in [3.8, 4) is 22.9 Å². The van der Waals surface area contributed by atoms with Gasteiger partial charge in [-0.15, -0.1) is 0 Å². The molecule has 9 nitrogen and oxygen atoms in total. The van der Waals surface area contributed by atoms with Gasteiger partial charge in [-0.3, -0.25) is 14.4 Å². The van der Waals surface area contributed by atoms with E-state index in [2.05, 4.69) is 5.32 Å². The third kappa shape index (κ3) is 3.12. The number of pyridine rings is 2. The normalized spacial score (nSPS) is 25.6. The summed E-state index contributed by atoms with van der Waals surface area (Å²) in [6, 6.07) is 5.90. The van der Waals surface area contributed by atoms with E-state index in [1.165, 1.54) is 12.0 Å². The Labute approximate surface area is 243 Å². The van der Waals surface area contributed by atoms with E-state index < -0.39 is 16.8 Å². The Hall–Kier alpha value is -3.72. The summed E-state index contributed by atoms with van der Waals surface area (Å²) in [5.41, 5.74) is 2.68. The van der Waals surface area contributed by atoms with Gasteiger partial charge in [0.15, 0.2) is 11.5 Å². The van der Waals surface area contributed by atoms with Crippen LogP contribution in [0.3, 0.4) is 0 Å². The number of Topliss-reactive ketones (excluding diaryl/α,β-unsaturated/α-hetero) is 1. The number of benzene rings is 1. The number of carbonyl (C=O) groups is 2. The molecule has 0 amide bonds. The van der Waals surface area contributed by atoms with Gasteiger partial charge in [0.05, 0.1) is 34.3 Å². The molecule has 2 aromatic heterocycles. The van der Waals surface area contributed by atoms with Crippen molar-refractivity contribution in [2.75, 3.05) is 19.9 Å². The summed E-state index contributed by atoms with van der Waals surface area (Å²) >= 11 is 0. The maximum absolute atomic E-state index is 14.2. The quantitative estimate of drug-likeness (QED) is 0.366. The van der Waals surface area contributed by atoms with Crippen LogP contribution in [0.4, 0.5) is 0 Å². The maximum Gasteiger partial charge on any atom is 0.311 e. The Morgan fingerprint density at radius 3 is 2.60 bits per heavy atom. The highest BCUT2D eigenvalue weighted by atomic mass is 16.7. The second-order valence-electron chi connectivity index (χ2n) is 12.9. The zero-order valence-corrected chi connectivity index (χ0v) is 24.0. The van der Waals surface area contributed by atoms with E-state index in [1.807, 2.05) is 25.1 Å². The Bertz CT molecular complexity index is 1770. The van der Waals surface area contributed by atoms with E-state index >= 15 is 0 Å². The molecule has 8 rings (SSSR count). The van der Waals surface area contributed by atoms with Crippen molar-refractivity contribution < 1.29 is 24.2 Å². The highest BCUT2D eigenvalue weighted by Crippen LogP contribution is 2.57. The van der Waals surface area contributed by atoms with Crippen LogP contribution in [0.25, 0.3) is 22.3 Å². The molecular weight excluding hydrogens is 534 g/mol. The largest absolute Gasteiger partial charge is 0.481 e. The fourth-order valence-corrected chi connectivity index (χ4v) is 8.84. The predicted molar refractivity (Wildman–Crippen MR) is 155 cm³/mol. The van der Waals surface area contributed by atoms with Gasteiger partial charge in [-0.25, -0.2) is 4.98 Å². The number of carboxylic acid groups (broad SMARTS) is 1. The smallest absolute Gasteiger partial charge is 0.311 e. The molecule has 2 aliphatic carbocycles. The summed E-state index contributed by atoms with van der Waals surface area (Å²) in [4.78, 5) is 46.7. The number of ketones is 1. The van der Waals surface area contributed by atoms with Crippen LogP contribution in [0.15, 0.2) is 23.0 Å². The van der Waals surface area contributed by atoms with Crippen LogP contribution in [0.5, 0.6) is 11.5 Å². The number of aliphatic carboxylic acids is 1. The van der Waals surface area contributed by atoms with Crippen molar-refractivity contribution in [2.24, 2.45) is 11.3 Å². The Morgan fingerprint density at radius 1 is 1.14 bits per heavy atom. The number of nitrogens with zero attached hydrogens (tertiary/aromatic N) is 2. The van der Waals surface area contributed by atoms with Gasteiger partial charge in [-0.05, 0) is 87.2 Å². The van der Waals surface area contributed by atoms with Gasteiger partial charge < -0.3 is 24.5 Å². The molecule has 2 N–H and O–H groups in total. The van der Waals surface area contributed by atoms with Gasteiger partial charge in [0.1, 0.15) is 5.78 Å². The number of fused-ring (bicyclic) bond motifs is 6. The number of hydrogen-bond donors (Lipinski definition) is 2. The summed E-state index contributed by atoms with van der Waals surface area (Å²) in [5, 5.41) is 15.2. The second-order valence-corrected chi connectivity index (χ2v) is 12.9. The average Bonchev–Trinajstić information content (AvgIpc) is 3.65. The molecule has 1 saturated heterocycles. The lowest BCUT2D eigenvalue weighted by molar-refractivity contribution is -0.162. The molecule has 5 heterocycles. The second kappa shape index (κ2) is 8.89. The number of carbonyl (C=O) groups excluding carboxylic acids is 1. The van der Waals surface area contributed by atoms with Crippen LogP contribution in [0, 0.1) is 11.3 Å². The van der Waals surface area contributed by atoms with E-state index in [-0.39, 0.29) is 30.5 Å². The van der Waals surface area contributed by atoms with E-state index in [9.17, 15) is 19.5 Å². The molecule has 9 heteroatoms. The summed E-state index contributed by atoms with van der Waals surface area (Å²) in [6.07, 6.45) is 5.20. The van der Waals surface area contributed by atoms with Crippen molar-refractivity contribution in [3.05, 3.63) is 50.8 Å².